The van der Waals surface area contributed by atoms with Gasteiger partial charge in [0.25, 0.3) is 0 Å². The minimum Gasteiger partial charge on any atom is -0.465 e. The van der Waals surface area contributed by atoms with Crippen LogP contribution in [-0.4, -0.2) is 47.9 Å². The van der Waals surface area contributed by atoms with Gasteiger partial charge in [-0.05, 0) is 38.6 Å². The molecule has 0 spiro atoms. The van der Waals surface area contributed by atoms with Crippen LogP contribution in [0.2, 0.25) is 0 Å². The Morgan fingerprint density at radius 1 is 1.29 bits per heavy atom. The summed E-state index contributed by atoms with van der Waals surface area (Å²) in [6, 6.07) is 0. The fraction of sp³-hybridized carbons (Fsp3) is 0.800. The van der Waals surface area contributed by atoms with Crippen molar-refractivity contribution < 1.29 is 19.1 Å². The molecule has 0 aromatic rings. The Hall–Kier alpha value is -1.43. The number of amides is 2. The van der Waals surface area contributed by atoms with E-state index in [-0.39, 0.29) is 43.1 Å². The molecule has 1 N–H and O–H groups in total. The van der Waals surface area contributed by atoms with Crippen molar-refractivity contribution in [1.29, 1.82) is 0 Å². The molecule has 0 bridgehead atoms. The average Bonchev–Trinajstić information content (AvgIpc) is 3.26. The van der Waals surface area contributed by atoms with Gasteiger partial charge in [0, 0.05) is 12.8 Å². The Bertz CT molecular complexity index is 417. The maximum absolute atomic E-state index is 12.5. The molecular formula is C15H24N2O4. The second kappa shape index (κ2) is 6.56. The molecule has 0 radical (unpaired) electrons. The van der Waals surface area contributed by atoms with Gasteiger partial charge in [-0.25, -0.2) is 4.79 Å². The van der Waals surface area contributed by atoms with Crippen LogP contribution in [0.25, 0.3) is 0 Å². The van der Waals surface area contributed by atoms with Gasteiger partial charge in [-0.1, -0.05) is 6.92 Å². The summed E-state index contributed by atoms with van der Waals surface area (Å²) in [6.45, 7) is 4.84. The van der Waals surface area contributed by atoms with E-state index in [1.165, 1.54) is 4.90 Å². The largest absolute Gasteiger partial charge is 0.465 e. The zero-order chi connectivity index (χ0) is 15.5. The number of ether oxygens (including phenoxy) is 1. The molecule has 0 aromatic carbocycles. The van der Waals surface area contributed by atoms with E-state index in [0.29, 0.717) is 13.2 Å². The number of nitrogens with zero attached hydrogens (tertiary/aromatic N) is 1. The molecule has 1 saturated carbocycles. The number of carbonyl (C=O) groups is 3. The molecular weight excluding hydrogens is 272 g/mol. The van der Waals surface area contributed by atoms with Crippen LogP contribution in [0.1, 0.15) is 46.0 Å². The molecule has 2 aliphatic rings. The summed E-state index contributed by atoms with van der Waals surface area (Å²) in [7, 11) is 0. The first-order valence-corrected chi connectivity index (χ1v) is 7.80. The quantitative estimate of drug-likeness (QED) is 0.531. The average molecular weight is 296 g/mol. The number of esters is 1. The van der Waals surface area contributed by atoms with Crippen molar-refractivity contribution in [2.24, 2.45) is 5.92 Å². The highest BCUT2D eigenvalue weighted by atomic mass is 16.5. The van der Waals surface area contributed by atoms with Gasteiger partial charge >= 0.3 is 5.97 Å². The molecule has 1 atom stereocenters. The number of imide groups is 1. The summed E-state index contributed by atoms with van der Waals surface area (Å²) in [6.07, 6.45) is 3.21. The van der Waals surface area contributed by atoms with Crippen LogP contribution in [0.4, 0.5) is 0 Å². The van der Waals surface area contributed by atoms with Gasteiger partial charge < -0.3 is 10.1 Å². The molecule has 118 valence electrons. The highest BCUT2D eigenvalue weighted by Gasteiger charge is 2.54. The molecule has 1 heterocycles. The summed E-state index contributed by atoms with van der Waals surface area (Å²) in [5.41, 5.74) is -0.929. The molecule has 1 aliphatic carbocycles. The fourth-order valence-electron chi connectivity index (χ4n) is 2.87. The highest BCUT2D eigenvalue weighted by Crippen LogP contribution is 2.41. The minimum absolute atomic E-state index is 0.105. The SMILES string of the molecule is CCCNC(CN1C(=O)CCC1=O)(C(=O)OCC)C1CC1. The van der Waals surface area contributed by atoms with Crippen molar-refractivity contribution in [3.8, 4) is 0 Å². The molecule has 2 amide bonds. The van der Waals surface area contributed by atoms with Gasteiger partial charge in [0.15, 0.2) is 0 Å². The van der Waals surface area contributed by atoms with E-state index >= 15 is 0 Å². The molecule has 1 saturated heterocycles. The van der Waals surface area contributed by atoms with Gasteiger partial charge in [0.05, 0.1) is 13.2 Å². The summed E-state index contributed by atoms with van der Waals surface area (Å²) in [5.74, 6) is -0.571. The number of hydrogen-bond donors (Lipinski definition) is 1. The van der Waals surface area contributed by atoms with Crippen molar-refractivity contribution in [3.05, 3.63) is 0 Å². The van der Waals surface area contributed by atoms with Crippen LogP contribution in [0, 0.1) is 5.92 Å². The second-order valence-corrected chi connectivity index (χ2v) is 5.77. The van der Waals surface area contributed by atoms with E-state index in [9.17, 15) is 14.4 Å². The van der Waals surface area contributed by atoms with Crippen molar-refractivity contribution >= 4 is 17.8 Å². The first-order chi connectivity index (χ1) is 10.0. The zero-order valence-corrected chi connectivity index (χ0v) is 12.8. The summed E-state index contributed by atoms with van der Waals surface area (Å²) >= 11 is 0. The highest BCUT2D eigenvalue weighted by molar-refractivity contribution is 6.02. The monoisotopic (exact) mass is 296 g/mol. The lowest BCUT2D eigenvalue weighted by molar-refractivity contribution is -0.155. The number of carbonyl (C=O) groups excluding carboxylic acids is 3. The van der Waals surface area contributed by atoms with Gasteiger partial charge in [0.2, 0.25) is 11.8 Å². The van der Waals surface area contributed by atoms with Crippen molar-refractivity contribution in [2.45, 2.75) is 51.5 Å². The van der Waals surface area contributed by atoms with Gasteiger partial charge in [-0.2, -0.15) is 0 Å². The fourth-order valence-corrected chi connectivity index (χ4v) is 2.87. The Labute approximate surface area is 125 Å². The van der Waals surface area contributed by atoms with Crippen LogP contribution in [0.15, 0.2) is 0 Å². The van der Waals surface area contributed by atoms with Crippen molar-refractivity contribution in [3.63, 3.8) is 0 Å². The molecule has 6 nitrogen and oxygen atoms in total. The first-order valence-electron chi connectivity index (χ1n) is 7.80. The van der Waals surface area contributed by atoms with Crippen LogP contribution in [0.3, 0.4) is 0 Å². The van der Waals surface area contributed by atoms with Crippen LogP contribution in [-0.2, 0) is 19.1 Å². The van der Waals surface area contributed by atoms with E-state index in [2.05, 4.69) is 5.32 Å². The summed E-state index contributed by atoms with van der Waals surface area (Å²) in [5, 5.41) is 3.28. The van der Waals surface area contributed by atoms with Gasteiger partial charge in [-0.15, -0.1) is 0 Å². The zero-order valence-electron chi connectivity index (χ0n) is 12.8. The van der Waals surface area contributed by atoms with Crippen LogP contribution in [0.5, 0.6) is 0 Å². The Balaban J connectivity index is 2.22. The third-order valence-corrected chi connectivity index (χ3v) is 4.17. The Morgan fingerprint density at radius 3 is 2.38 bits per heavy atom. The van der Waals surface area contributed by atoms with Crippen LogP contribution >= 0.6 is 0 Å². The first kappa shape index (κ1) is 15.9. The number of rotatable bonds is 8. The maximum atomic E-state index is 12.5. The van der Waals surface area contributed by atoms with E-state index < -0.39 is 5.54 Å². The van der Waals surface area contributed by atoms with E-state index in [1.54, 1.807) is 6.92 Å². The molecule has 21 heavy (non-hydrogen) atoms. The predicted octanol–water partition coefficient (Wildman–Crippen LogP) is 0.847. The Morgan fingerprint density at radius 2 is 1.90 bits per heavy atom. The van der Waals surface area contributed by atoms with Gasteiger partial charge in [-0.3, -0.25) is 14.5 Å². The van der Waals surface area contributed by atoms with Gasteiger partial charge in [0.1, 0.15) is 5.54 Å². The number of likely N-dealkylation sites (tertiary alicyclic amines) is 1. The molecule has 1 aliphatic heterocycles. The topological polar surface area (TPSA) is 75.7 Å². The second-order valence-electron chi connectivity index (χ2n) is 5.77. The lowest BCUT2D eigenvalue weighted by Crippen LogP contribution is -2.62. The molecule has 2 rings (SSSR count). The summed E-state index contributed by atoms with van der Waals surface area (Å²) in [4.78, 5) is 37.5. The van der Waals surface area contributed by atoms with E-state index in [4.69, 9.17) is 4.74 Å². The molecule has 1 unspecified atom stereocenters. The predicted molar refractivity (Wildman–Crippen MR) is 76.3 cm³/mol. The van der Waals surface area contributed by atoms with E-state index in [1.807, 2.05) is 6.92 Å². The number of hydrogen-bond acceptors (Lipinski definition) is 5. The lowest BCUT2D eigenvalue weighted by atomic mass is 9.91. The minimum atomic E-state index is -0.929. The summed E-state index contributed by atoms with van der Waals surface area (Å²) < 4.78 is 5.24. The smallest absolute Gasteiger partial charge is 0.328 e. The standard InChI is InChI=1S/C15H24N2O4/c1-3-9-16-15(11-5-6-11,14(20)21-4-2)10-17-12(18)7-8-13(17)19/h11,16H,3-10H2,1-2H3. The van der Waals surface area contributed by atoms with Crippen LogP contribution < -0.4 is 5.32 Å². The van der Waals surface area contributed by atoms with Crippen molar-refractivity contribution in [1.82, 2.24) is 10.2 Å². The molecule has 0 aromatic heterocycles. The molecule has 6 heteroatoms. The van der Waals surface area contributed by atoms with Crippen molar-refractivity contribution in [2.75, 3.05) is 19.7 Å². The molecule has 2 fully saturated rings. The number of nitrogens with one attached hydrogen (secondary N) is 1. The third-order valence-electron chi connectivity index (χ3n) is 4.17. The van der Waals surface area contributed by atoms with E-state index in [0.717, 1.165) is 19.3 Å². The lowest BCUT2D eigenvalue weighted by Gasteiger charge is -2.35. The normalized spacial score (nSPS) is 21.5. The Kier molecular flexibility index (Phi) is 4.98. The maximum Gasteiger partial charge on any atom is 0.328 e. The third kappa shape index (κ3) is 3.26.